The smallest absolute Gasteiger partial charge is 0.310 e. The van der Waals surface area contributed by atoms with Crippen LogP contribution in [0, 0.1) is 5.41 Å². The molecule has 0 aromatic rings. The van der Waals surface area contributed by atoms with E-state index in [1.165, 1.54) is 25.7 Å². The van der Waals surface area contributed by atoms with Gasteiger partial charge in [0.05, 0.1) is 5.41 Å². The van der Waals surface area contributed by atoms with Crippen molar-refractivity contribution in [3.05, 3.63) is 0 Å². The van der Waals surface area contributed by atoms with E-state index in [2.05, 4.69) is 18.7 Å². The summed E-state index contributed by atoms with van der Waals surface area (Å²) in [5.41, 5.74) is -0.576. The molecule has 1 aliphatic heterocycles. The predicted molar refractivity (Wildman–Crippen MR) is 70.2 cm³/mol. The van der Waals surface area contributed by atoms with Crippen LogP contribution in [-0.4, -0.2) is 35.1 Å². The molecule has 100 valence electrons. The quantitative estimate of drug-likeness (QED) is 0.804. The zero-order valence-corrected chi connectivity index (χ0v) is 11.5. The third kappa shape index (κ3) is 3.98. The van der Waals surface area contributed by atoms with Gasteiger partial charge in [0.25, 0.3) is 0 Å². The minimum Gasteiger partial charge on any atom is -0.481 e. The Hall–Kier alpha value is -0.570. The third-order valence-corrected chi connectivity index (χ3v) is 4.06. The largest absolute Gasteiger partial charge is 0.481 e. The van der Waals surface area contributed by atoms with Gasteiger partial charge in [0, 0.05) is 12.6 Å². The highest BCUT2D eigenvalue weighted by molar-refractivity contribution is 5.74. The Morgan fingerprint density at radius 2 is 2.12 bits per heavy atom. The van der Waals surface area contributed by atoms with Crippen LogP contribution in [0.1, 0.15) is 59.3 Å². The number of carbonyl (C=O) groups is 1. The molecule has 0 bridgehead atoms. The Morgan fingerprint density at radius 3 is 2.71 bits per heavy atom. The van der Waals surface area contributed by atoms with E-state index in [0.717, 1.165) is 19.4 Å². The zero-order valence-electron chi connectivity index (χ0n) is 11.5. The molecule has 0 radical (unpaired) electrons. The van der Waals surface area contributed by atoms with Crippen LogP contribution in [-0.2, 0) is 4.79 Å². The maximum Gasteiger partial charge on any atom is 0.310 e. The molecule has 1 rings (SSSR count). The Balaban J connectivity index is 2.67. The van der Waals surface area contributed by atoms with Gasteiger partial charge in [-0.15, -0.1) is 0 Å². The van der Waals surface area contributed by atoms with Crippen molar-refractivity contribution in [1.29, 1.82) is 0 Å². The summed E-state index contributed by atoms with van der Waals surface area (Å²) >= 11 is 0. The van der Waals surface area contributed by atoms with Gasteiger partial charge in [0.15, 0.2) is 0 Å². The summed E-state index contributed by atoms with van der Waals surface area (Å²) in [5, 5.41) is 9.42. The lowest BCUT2D eigenvalue weighted by molar-refractivity contribution is -0.150. The lowest BCUT2D eigenvalue weighted by atomic mass is 9.84. The van der Waals surface area contributed by atoms with Gasteiger partial charge >= 0.3 is 5.97 Å². The van der Waals surface area contributed by atoms with Crippen molar-refractivity contribution in [2.24, 2.45) is 5.41 Å². The average Bonchev–Trinajstić information content (AvgIpc) is 2.44. The van der Waals surface area contributed by atoms with Crippen LogP contribution in [0.3, 0.4) is 0 Å². The summed E-state index contributed by atoms with van der Waals surface area (Å²) in [6.45, 7) is 7.97. The van der Waals surface area contributed by atoms with Crippen molar-refractivity contribution in [2.45, 2.75) is 65.3 Å². The first-order chi connectivity index (χ1) is 7.99. The molecular formula is C14H27NO2. The molecule has 0 saturated carbocycles. The molecule has 0 aromatic carbocycles. The van der Waals surface area contributed by atoms with E-state index in [9.17, 15) is 9.90 Å². The first-order valence-electron chi connectivity index (χ1n) is 6.97. The van der Waals surface area contributed by atoms with Gasteiger partial charge in [0.2, 0.25) is 0 Å². The van der Waals surface area contributed by atoms with E-state index in [4.69, 9.17) is 0 Å². The molecule has 0 aliphatic carbocycles. The first kappa shape index (κ1) is 14.5. The Bertz CT molecular complexity index is 255. The SMILES string of the molecule is CCCC(C)(CN1CCCCCC1C)C(=O)O. The van der Waals surface area contributed by atoms with Gasteiger partial charge < -0.3 is 5.11 Å². The molecule has 3 heteroatoms. The fraction of sp³-hybridized carbons (Fsp3) is 0.929. The summed E-state index contributed by atoms with van der Waals surface area (Å²) in [7, 11) is 0. The van der Waals surface area contributed by atoms with Gasteiger partial charge in [-0.3, -0.25) is 9.69 Å². The fourth-order valence-electron chi connectivity index (χ4n) is 2.82. The van der Waals surface area contributed by atoms with Gasteiger partial charge in [0.1, 0.15) is 0 Å². The van der Waals surface area contributed by atoms with Crippen LogP contribution in [0.2, 0.25) is 0 Å². The Morgan fingerprint density at radius 1 is 1.41 bits per heavy atom. The van der Waals surface area contributed by atoms with Gasteiger partial charge in [-0.25, -0.2) is 0 Å². The van der Waals surface area contributed by atoms with Crippen LogP contribution in [0.25, 0.3) is 0 Å². The highest BCUT2D eigenvalue weighted by Gasteiger charge is 2.35. The molecule has 0 aromatic heterocycles. The number of nitrogens with zero attached hydrogens (tertiary/aromatic N) is 1. The van der Waals surface area contributed by atoms with Crippen molar-refractivity contribution in [1.82, 2.24) is 4.90 Å². The number of carboxylic acids is 1. The Kier molecular flexibility index (Phi) is 5.44. The minimum atomic E-state index is -0.643. The van der Waals surface area contributed by atoms with Crippen LogP contribution in [0.5, 0.6) is 0 Å². The lowest BCUT2D eigenvalue weighted by Crippen LogP contribution is -2.44. The third-order valence-electron chi connectivity index (χ3n) is 4.06. The zero-order chi connectivity index (χ0) is 12.9. The number of likely N-dealkylation sites (tertiary alicyclic amines) is 1. The molecule has 1 heterocycles. The predicted octanol–water partition coefficient (Wildman–Crippen LogP) is 3.14. The van der Waals surface area contributed by atoms with Crippen molar-refractivity contribution in [2.75, 3.05) is 13.1 Å². The second-order valence-electron chi connectivity index (χ2n) is 5.78. The van der Waals surface area contributed by atoms with Crippen molar-refractivity contribution in [3.63, 3.8) is 0 Å². The molecular weight excluding hydrogens is 214 g/mol. The number of rotatable bonds is 5. The number of aliphatic carboxylic acids is 1. The number of hydrogen-bond acceptors (Lipinski definition) is 2. The van der Waals surface area contributed by atoms with Crippen molar-refractivity contribution in [3.8, 4) is 0 Å². The van der Waals surface area contributed by atoms with E-state index in [-0.39, 0.29) is 0 Å². The molecule has 3 nitrogen and oxygen atoms in total. The van der Waals surface area contributed by atoms with Gasteiger partial charge in [-0.2, -0.15) is 0 Å². The summed E-state index contributed by atoms with van der Waals surface area (Å²) in [5.74, 6) is -0.643. The summed E-state index contributed by atoms with van der Waals surface area (Å²) in [6, 6.07) is 0.535. The molecule has 1 saturated heterocycles. The van der Waals surface area contributed by atoms with Crippen molar-refractivity contribution >= 4 is 5.97 Å². The lowest BCUT2D eigenvalue weighted by Gasteiger charge is -2.35. The molecule has 1 N–H and O–H groups in total. The van der Waals surface area contributed by atoms with Crippen LogP contribution in [0.4, 0.5) is 0 Å². The number of carboxylic acid groups (broad SMARTS) is 1. The van der Waals surface area contributed by atoms with E-state index >= 15 is 0 Å². The van der Waals surface area contributed by atoms with E-state index in [1.54, 1.807) is 0 Å². The topological polar surface area (TPSA) is 40.5 Å². The second kappa shape index (κ2) is 6.39. The standard InChI is InChI=1S/C14H27NO2/c1-4-9-14(3,13(16)17)11-15-10-7-5-6-8-12(15)2/h12H,4-11H2,1-3H3,(H,16,17). The Labute approximate surface area is 105 Å². The van der Waals surface area contributed by atoms with Gasteiger partial charge in [-0.05, 0) is 39.7 Å². The molecule has 17 heavy (non-hydrogen) atoms. The monoisotopic (exact) mass is 241 g/mol. The average molecular weight is 241 g/mol. The first-order valence-corrected chi connectivity index (χ1v) is 6.97. The highest BCUT2D eigenvalue weighted by Crippen LogP contribution is 2.28. The summed E-state index contributed by atoms with van der Waals surface area (Å²) in [6.07, 6.45) is 6.71. The molecule has 1 aliphatic rings. The highest BCUT2D eigenvalue weighted by atomic mass is 16.4. The molecule has 1 fully saturated rings. The molecule has 0 amide bonds. The summed E-state index contributed by atoms with van der Waals surface area (Å²) in [4.78, 5) is 13.8. The van der Waals surface area contributed by atoms with Crippen molar-refractivity contribution < 1.29 is 9.90 Å². The normalized spacial score (nSPS) is 26.2. The maximum atomic E-state index is 11.5. The maximum absolute atomic E-state index is 11.5. The van der Waals surface area contributed by atoms with Crippen LogP contribution >= 0.6 is 0 Å². The van der Waals surface area contributed by atoms with E-state index in [1.807, 2.05) is 6.92 Å². The van der Waals surface area contributed by atoms with E-state index < -0.39 is 11.4 Å². The van der Waals surface area contributed by atoms with Gasteiger partial charge in [-0.1, -0.05) is 26.2 Å². The number of hydrogen-bond donors (Lipinski definition) is 1. The molecule has 0 spiro atoms. The fourth-order valence-corrected chi connectivity index (χ4v) is 2.82. The van der Waals surface area contributed by atoms with E-state index in [0.29, 0.717) is 12.6 Å². The second-order valence-corrected chi connectivity index (χ2v) is 5.78. The molecule has 2 unspecified atom stereocenters. The van der Waals surface area contributed by atoms with Crippen LogP contribution < -0.4 is 0 Å². The molecule has 2 atom stereocenters. The van der Waals surface area contributed by atoms with Crippen LogP contribution in [0.15, 0.2) is 0 Å². The minimum absolute atomic E-state index is 0.535. The summed E-state index contributed by atoms with van der Waals surface area (Å²) < 4.78 is 0.